The number of aromatic nitrogens is 5. The van der Waals surface area contributed by atoms with E-state index in [0.717, 1.165) is 24.0 Å². The Morgan fingerprint density at radius 2 is 1.89 bits per heavy atom. The van der Waals surface area contributed by atoms with Crippen molar-refractivity contribution in [3.8, 4) is 5.75 Å². The molecular weight excluding hydrogens is 612 g/mol. The van der Waals surface area contributed by atoms with E-state index in [1.165, 1.54) is 4.90 Å². The second kappa shape index (κ2) is 12.2. The Hall–Kier alpha value is -3.81. The number of nitrogen functional groups attached to an aromatic ring is 1. The Morgan fingerprint density at radius 1 is 1.20 bits per heavy atom. The molecule has 0 saturated carbocycles. The number of nitrogens with zero attached hydrogens (tertiary/aromatic N) is 6. The number of imidazole rings is 1. The number of pyridine rings is 1. The van der Waals surface area contributed by atoms with Gasteiger partial charge in [0.2, 0.25) is 5.95 Å². The number of hydrogen-bond acceptors (Lipinski definition) is 9. The third-order valence-corrected chi connectivity index (χ3v) is 13.8. The number of rotatable bonds is 7. The van der Waals surface area contributed by atoms with Crippen molar-refractivity contribution >= 4 is 55.1 Å². The van der Waals surface area contributed by atoms with Gasteiger partial charge in [-0.3, -0.25) is 19.5 Å². The van der Waals surface area contributed by atoms with Crippen molar-refractivity contribution in [3.05, 3.63) is 51.4 Å². The molecule has 3 aromatic rings. The van der Waals surface area contributed by atoms with Gasteiger partial charge >= 0.3 is 0 Å². The van der Waals surface area contributed by atoms with Gasteiger partial charge in [0.15, 0.2) is 14.1 Å². The number of carbonyl (C=O) groups is 2. The third-order valence-electron chi connectivity index (χ3n) is 9.02. The molecule has 45 heavy (non-hydrogen) atoms. The van der Waals surface area contributed by atoms with Crippen LogP contribution in [0.5, 0.6) is 5.75 Å². The number of amides is 2. The number of aromatic amines is 1. The monoisotopic (exact) mass is 652 g/mol. The lowest BCUT2D eigenvalue weighted by Gasteiger charge is -2.41. The van der Waals surface area contributed by atoms with Crippen LogP contribution in [0.2, 0.25) is 23.3 Å². The first-order chi connectivity index (χ1) is 21.1. The average molecular weight is 653 g/mol. The Balaban J connectivity index is 1.36. The first-order valence-corrected chi connectivity index (χ1v) is 18.3. The van der Waals surface area contributed by atoms with E-state index in [1.54, 1.807) is 30.5 Å². The zero-order valence-electron chi connectivity index (χ0n) is 27.1. The fraction of sp³-hybridized carbons (Fsp3) is 0.484. The summed E-state index contributed by atoms with van der Waals surface area (Å²) in [6.45, 7) is 16.3. The summed E-state index contributed by atoms with van der Waals surface area (Å²) in [4.78, 5) is 51.0. The number of hydrogen-bond donors (Lipinski definition) is 2. The summed E-state index contributed by atoms with van der Waals surface area (Å²) < 4.78 is 12.1. The van der Waals surface area contributed by atoms with Crippen LogP contribution in [0.25, 0.3) is 11.6 Å². The van der Waals surface area contributed by atoms with E-state index in [-0.39, 0.29) is 57.7 Å². The summed E-state index contributed by atoms with van der Waals surface area (Å²) in [6, 6.07) is 0. The van der Waals surface area contributed by atoms with Gasteiger partial charge in [-0.25, -0.2) is 9.97 Å². The molecule has 2 aliphatic heterocycles. The molecule has 5 rings (SSSR count). The maximum Gasteiger partial charge on any atom is 0.274 e. The number of anilines is 2. The quantitative estimate of drug-likeness (QED) is 0.200. The molecule has 2 amide bonds. The number of H-pyrrole nitrogens is 1. The van der Waals surface area contributed by atoms with Gasteiger partial charge in [0, 0.05) is 42.7 Å². The molecular formula is C31H41ClN8O4Si. The molecule has 0 bridgehead atoms. The fourth-order valence-corrected chi connectivity index (χ4v) is 7.16. The predicted octanol–water partition coefficient (Wildman–Crippen LogP) is 5.17. The lowest BCUT2D eigenvalue weighted by atomic mass is 10.1. The number of fused-ring (bicyclic) bond motifs is 1. The van der Waals surface area contributed by atoms with Crippen molar-refractivity contribution in [1.82, 2.24) is 29.8 Å². The number of carbonyl (C=O) groups excluding carboxylic acids is 2. The third kappa shape index (κ3) is 6.33. The van der Waals surface area contributed by atoms with Gasteiger partial charge in [-0.05, 0) is 50.9 Å². The van der Waals surface area contributed by atoms with Gasteiger partial charge < -0.3 is 24.8 Å². The van der Waals surface area contributed by atoms with Crippen LogP contribution in [0.1, 0.15) is 72.3 Å². The topological polar surface area (TPSA) is 152 Å². The van der Waals surface area contributed by atoms with Gasteiger partial charge in [-0.2, -0.15) is 4.98 Å². The summed E-state index contributed by atoms with van der Waals surface area (Å²) >= 11 is 6.52. The molecule has 0 atom stereocenters. The maximum atomic E-state index is 13.9. The minimum atomic E-state index is -1.89. The SMILES string of the molecule is COc1c(C)cnc(CN2C(=O)C(=Cc3nc(C(=O)N4CCC(O[Si](C)(C)C(C)(C)C)CC4)c[nH]3)c3c(Cl)nc(N)nc32)c1C. The van der Waals surface area contributed by atoms with Gasteiger partial charge in [0.1, 0.15) is 22.4 Å². The lowest BCUT2D eigenvalue weighted by molar-refractivity contribution is -0.113. The van der Waals surface area contributed by atoms with Crippen molar-refractivity contribution in [3.63, 3.8) is 0 Å². The van der Waals surface area contributed by atoms with Crippen LogP contribution in [0.15, 0.2) is 12.4 Å². The predicted molar refractivity (Wildman–Crippen MR) is 177 cm³/mol. The number of nitrogens with two attached hydrogens (primary N) is 1. The molecule has 0 spiro atoms. The maximum absolute atomic E-state index is 13.9. The van der Waals surface area contributed by atoms with E-state index in [2.05, 4.69) is 58.8 Å². The highest BCUT2D eigenvalue weighted by molar-refractivity contribution is 6.74. The lowest BCUT2D eigenvalue weighted by Crippen LogP contribution is -2.48. The summed E-state index contributed by atoms with van der Waals surface area (Å²) in [6.07, 6.45) is 6.52. The van der Waals surface area contributed by atoms with Crippen LogP contribution in [0.4, 0.5) is 11.8 Å². The van der Waals surface area contributed by atoms with Crippen LogP contribution in [0.3, 0.4) is 0 Å². The Kier molecular flexibility index (Phi) is 8.82. The number of likely N-dealkylation sites (tertiary alicyclic amines) is 1. The molecule has 0 unspecified atom stereocenters. The molecule has 1 saturated heterocycles. The summed E-state index contributed by atoms with van der Waals surface area (Å²) in [5, 5.41) is 0.168. The highest BCUT2D eigenvalue weighted by Crippen LogP contribution is 2.42. The van der Waals surface area contributed by atoms with Gasteiger partial charge in [0.25, 0.3) is 11.8 Å². The highest BCUT2D eigenvalue weighted by atomic mass is 35.5. The van der Waals surface area contributed by atoms with E-state index in [9.17, 15) is 9.59 Å². The molecule has 2 aliphatic rings. The Labute approximate surface area is 269 Å². The normalized spacial score (nSPS) is 16.9. The Bertz CT molecular complexity index is 1670. The Morgan fingerprint density at radius 3 is 2.53 bits per heavy atom. The molecule has 12 nitrogen and oxygen atoms in total. The van der Waals surface area contributed by atoms with Crippen molar-refractivity contribution in [2.75, 3.05) is 30.8 Å². The van der Waals surface area contributed by atoms with E-state index in [4.69, 9.17) is 26.5 Å². The van der Waals surface area contributed by atoms with Crippen molar-refractivity contribution < 1.29 is 18.8 Å². The van der Waals surface area contributed by atoms with Crippen molar-refractivity contribution in [1.29, 1.82) is 0 Å². The average Bonchev–Trinajstić information content (AvgIpc) is 3.53. The van der Waals surface area contributed by atoms with Crippen LogP contribution < -0.4 is 15.4 Å². The number of piperidine rings is 1. The summed E-state index contributed by atoms with van der Waals surface area (Å²) in [5.41, 5.74) is 9.07. The van der Waals surface area contributed by atoms with Gasteiger partial charge in [-0.1, -0.05) is 32.4 Å². The minimum Gasteiger partial charge on any atom is -0.496 e. The molecule has 5 heterocycles. The molecule has 1 fully saturated rings. The largest absolute Gasteiger partial charge is 0.496 e. The molecule has 3 aromatic heterocycles. The zero-order valence-corrected chi connectivity index (χ0v) is 28.9. The number of halogens is 1. The second-order valence-electron chi connectivity index (χ2n) is 13.1. The molecule has 0 radical (unpaired) electrons. The van der Waals surface area contributed by atoms with Crippen LogP contribution >= 0.6 is 11.6 Å². The first-order valence-electron chi connectivity index (χ1n) is 15.0. The fourth-order valence-electron chi connectivity index (χ4n) is 5.46. The molecule has 3 N–H and O–H groups in total. The number of methoxy groups -OCH3 is 1. The smallest absolute Gasteiger partial charge is 0.274 e. The first kappa shape index (κ1) is 32.6. The van der Waals surface area contributed by atoms with E-state index in [0.29, 0.717) is 35.9 Å². The van der Waals surface area contributed by atoms with Crippen LogP contribution in [-0.4, -0.2) is 76.3 Å². The van der Waals surface area contributed by atoms with Crippen LogP contribution in [-0.2, 0) is 15.8 Å². The summed E-state index contributed by atoms with van der Waals surface area (Å²) in [5.74, 6) is 0.683. The van der Waals surface area contributed by atoms with Crippen molar-refractivity contribution in [2.45, 2.75) is 78.2 Å². The summed E-state index contributed by atoms with van der Waals surface area (Å²) in [7, 11) is -0.291. The molecule has 240 valence electrons. The number of ether oxygens (including phenoxy) is 1. The van der Waals surface area contributed by atoms with Crippen molar-refractivity contribution in [2.24, 2.45) is 0 Å². The van der Waals surface area contributed by atoms with E-state index < -0.39 is 8.32 Å². The number of aryl methyl sites for hydroxylation is 1. The standard InChI is InChI=1S/C31H41ClN8O4Si/c1-17-14-34-22(18(2)25(17)43-6)16-40-27-24(26(32)37-30(33)38-27)20(28(40)41)13-23-35-15-21(36-23)29(42)39-11-9-19(10-12-39)44-45(7,8)31(3,4)5/h13-15,19H,9-12,16H2,1-8H3,(H,35,36)(H2,33,37,38). The van der Waals surface area contributed by atoms with Crippen LogP contribution in [0, 0.1) is 13.8 Å². The second-order valence-corrected chi connectivity index (χ2v) is 18.2. The number of nitrogens with one attached hydrogen (secondary N) is 1. The minimum absolute atomic E-state index is 0.0383. The highest BCUT2D eigenvalue weighted by Gasteiger charge is 2.40. The van der Waals surface area contributed by atoms with Gasteiger partial charge in [-0.15, -0.1) is 0 Å². The molecule has 14 heteroatoms. The molecule has 0 aromatic carbocycles. The van der Waals surface area contributed by atoms with E-state index in [1.807, 2.05) is 13.8 Å². The zero-order chi connectivity index (χ0) is 32.8. The molecule has 0 aliphatic carbocycles. The van der Waals surface area contributed by atoms with Gasteiger partial charge in [0.05, 0.1) is 30.5 Å². The van der Waals surface area contributed by atoms with E-state index >= 15 is 0 Å².